The van der Waals surface area contributed by atoms with Gasteiger partial charge in [0.25, 0.3) is 0 Å². The van der Waals surface area contributed by atoms with Crippen molar-refractivity contribution >= 4 is 44.6 Å². The summed E-state index contributed by atoms with van der Waals surface area (Å²) in [6.07, 6.45) is 10.6. The minimum Gasteiger partial charge on any atom is -0.509 e. The van der Waals surface area contributed by atoms with Gasteiger partial charge in [0.15, 0.2) is 0 Å². The van der Waals surface area contributed by atoms with E-state index in [4.69, 9.17) is 9.72 Å². The normalized spacial score (nSPS) is 15.0. The van der Waals surface area contributed by atoms with Gasteiger partial charge in [-0.15, -0.1) is 53.6 Å². The van der Waals surface area contributed by atoms with Gasteiger partial charge in [0, 0.05) is 61.3 Å². The van der Waals surface area contributed by atoms with Gasteiger partial charge in [0.05, 0.1) is 0 Å². The van der Waals surface area contributed by atoms with Crippen molar-refractivity contribution in [1.29, 1.82) is 0 Å². The van der Waals surface area contributed by atoms with Crippen LogP contribution < -0.4 is 14.5 Å². The summed E-state index contributed by atoms with van der Waals surface area (Å²) in [4.78, 5) is 9.11. The van der Waals surface area contributed by atoms with Crippen molar-refractivity contribution in [2.45, 2.75) is 70.6 Å². The number of ether oxygens (including phenoxy) is 1. The largest absolute Gasteiger partial charge is 0.509 e. The molecule has 7 aromatic rings. The predicted octanol–water partition coefficient (Wildman–Crippen LogP) is 13.1. The molecule has 3 heterocycles. The van der Waals surface area contributed by atoms with Crippen molar-refractivity contribution in [1.82, 2.24) is 9.55 Å². The fraction of sp³-hybridized carbons (Fsp3) is 0.234. The average Bonchev–Trinajstić information content (AvgIpc) is 3.71. The zero-order chi connectivity index (χ0) is 35.9. The van der Waals surface area contributed by atoms with Crippen LogP contribution in [0.1, 0.15) is 81.8 Å². The van der Waals surface area contributed by atoms with E-state index in [1.165, 1.54) is 55.4 Å². The molecule has 5 nitrogen and oxygen atoms in total. The van der Waals surface area contributed by atoms with Crippen LogP contribution in [0.4, 0.5) is 27.1 Å². The molecule has 276 valence electrons. The number of hydrogen-bond donors (Lipinski definition) is 0. The van der Waals surface area contributed by atoms with Crippen LogP contribution >= 0.6 is 0 Å². The Balaban J connectivity index is 0.00000413. The van der Waals surface area contributed by atoms with Crippen molar-refractivity contribution < 1.29 is 30.2 Å². The summed E-state index contributed by atoms with van der Waals surface area (Å²) < 4.78 is 22.9. The third kappa shape index (κ3) is 6.93. The van der Waals surface area contributed by atoms with Gasteiger partial charge in [-0.25, -0.2) is 9.37 Å². The molecule has 2 aromatic heterocycles. The van der Waals surface area contributed by atoms with Crippen LogP contribution in [-0.2, 0) is 21.1 Å². The number of benzene rings is 5. The standard InChI is InChI=1S/C47H42FN4O.Pt/c1-32(2)34-24-25-49-47(28-34)52-43-15-9-8-14-41(43)42-23-22-39(30-46(42)52)53-40-27-35(33-12-6-4-3-5-7-13-33)26-38(29-40)51-31-50(37-20-18-36(48)19-21-37)44-16-10-11-17-45(44)51;/h8-11,14-28,31-33H,3-7,12-13H2,1-2H3;/q-3;. The van der Waals surface area contributed by atoms with Gasteiger partial charge in [-0.05, 0) is 90.2 Å². The number of para-hydroxylation sites is 3. The molecule has 0 bridgehead atoms. The third-order valence-corrected chi connectivity index (χ3v) is 10.9. The van der Waals surface area contributed by atoms with Crippen LogP contribution in [0.5, 0.6) is 11.5 Å². The minimum atomic E-state index is -0.254. The second kappa shape index (κ2) is 15.4. The van der Waals surface area contributed by atoms with E-state index in [2.05, 4.69) is 120 Å². The van der Waals surface area contributed by atoms with E-state index >= 15 is 0 Å². The molecule has 0 unspecified atom stereocenters. The Labute approximate surface area is 331 Å². The molecule has 0 amide bonds. The smallest absolute Gasteiger partial charge is 0.135 e. The molecule has 1 aliphatic heterocycles. The quantitative estimate of drug-likeness (QED) is 0.149. The van der Waals surface area contributed by atoms with Crippen LogP contribution in [0.2, 0.25) is 0 Å². The first kappa shape index (κ1) is 36.1. The molecular formula is C47H42FN4OPt-3. The number of rotatable bonds is 7. The Morgan fingerprint density at radius 3 is 2.24 bits per heavy atom. The third-order valence-electron chi connectivity index (χ3n) is 10.9. The molecule has 0 radical (unpaired) electrons. The number of nitrogens with zero attached hydrogens (tertiary/aromatic N) is 4. The predicted molar refractivity (Wildman–Crippen MR) is 213 cm³/mol. The van der Waals surface area contributed by atoms with Crippen LogP contribution in [0.25, 0.3) is 27.6 Å². The minimum absolute atomic E-state index is 0. The van der Waals surface area contributed by atoms with E-state index in [-0.39, 0.29) is 26.9 Å². The summed E-state index contributed by atoms with van der Waals surface area (Å²) in [5.41, 5.74) is 8.35. The van der Waals surface area contributed by atoms with Crippen molar-refractivity contribution in [3.63, 3.8) is 0 Å². The van der Waals surface area contributed by atoms with Gasteiger partial charge in [0.2, 0.25) is 0 Å². The summed E-state index contributed by atoms with van der Waals surface area (Å²) in [6, 6.07) is 43.6. The van der Waals surface area contributed by atoms with Crippen molar-refractivity contribution in [2.75, 3.05) is 9.80 Å². The maximum Gasteiger partial charge on any atom is 0.135 e. The topological polar surface area (TPSA) is 33.5 Å². The molecule has 5 aromatic carbocycles. The van der Waals surface area contributed by atoms with Crippen molar-refractivity contribution in [2.24, 2.45) is 0 Å². The average molecular weight is 893 g/mol. The van der Waals surface area contributed by atoms with Gasteiger partial charge in [-0.3, -0.25) is 0 Å². The molecule has 0 N–H and O–H groups in total. The van der Waals surface area contributed by atoms with Gasteiger partial charge in [0.1, 0.15) is 11.6 Å². The molecule has 0 saturated heterocycles. The first-order valence-corrected chi connectivity index (χ1v) is 19.0. The second-order valence-electron chi connectivity index (χ2n) is 14.7. The molecule has 1 fully saturated rings. The van der Waals surface area contributed by atoms with Crippen molar-refractivity contribution in [3.8, 4) is 17.3 Å². The maximum absolute atomic E-state index is 13.9. The second-order valence-corrected chi connectivity index (χ2v) is 14.7. The van der Waals surface area contributed by atoms with E-state index in [1.54, 1.807) is 0 Å². The molecule has 0 atom stereocenters. The zero-order valence-corrected chi connectivity index (χ0v) is 32.8. The first-order chi connectivity index (χ1) is 26.0. The number of hydrogen-bond acceptors (Lipinski definition) is 4. The number of halogens is 1. The van der Waals surface area contributed by atoms with E-state index in [0.717, 1.165) is 63.2 Å². The number of anilines is 4. The first-order valence-electron chi connectivity index (χ1n) is 19.0. The molecule has 54 heavy (non-hydrogen) atoms. The fourth-order valence-electron chi connectivity index (χ4n) is 8.08. The van der Waals surface area contributed by atoms with Crippen LogP contribution in [-0.4, -0.2) is 9.55 Å². The van der Waals surface area contributed by atoms with Gasteiger partial charge in [-0.1, -0.05) is 81.8 Å². The zero-order valence-electron chi connectivity index (χ0n) is 30.5. The van der Waals surface area contributed by atoms with Crippen LogP contribution in [0.3, 0.4) is 0 Å². The molecular weight excluding hydrogens is 851 g/mol. The molecule has 1 aliphatic carbocycles. The molecule has 2 aliphatic rings. The molecule has 9 rings (SSSR count). The van der Waals surface area contributed by atoms with E-state index in [9.17, 15) is 4.39 Å². The van der Waals surface area contributed by atoms with Gasteiger partial charge in [-0.2, -0.15) is 6.07 Å². The Morgan fingerprint density at radius 1 is 0.741 bits per heavy atom. The van der Waals surface area contributed by atoms with Crippen LogP contribution in [0, 0.1) is 24.6 Å². The number of pyridine rings is 1. The Kier molecular flexibility index (Phi) is 10.3. The fourth-order valence-corrected chi connectivity index (χ4v) is 8.08. The maximum atomic E-state index is 13.9. The van der Waals surface area contributed by atoms with E-state index < -0.39 is 0 Å². The van der Waals surface area contributed by atoms with Gasteiger partial charge >= 0.3 is 0 Å². The van der Waals surface area contributed by atoms with Crippen molar-refractivity contribution in [3.05, 3.63) is 151 Å². The monoisotopic (exact) mass is 892 g/mol. The summed E-state index contributed by atoms with van der Waals surface area (Å²) in [6.45, 7) is 6.49. The number of aromatic nitrogens is 2. The summed E-state index contributed by atoms with van der Waals surface area (Å²) >= 11 is 0. The summed E-state index contributed by atoms with van der Waals surface area (Å²) in [7, 11) is 0. The molecule has 1 saturated carbocycles. The molecule has 7 heteroatoms. The SMILES string of the molecule is CC(C)c1ccnc(-n2c3[c-]c(Oc4[c-]c(N5[CH-]N(c6ccc(F)cc6)c6ccccc65)cc(C5CCCCCCC5)c4)ccc3c3ccccc32)c1.[Pt]. The van der Waals surface area contributed by atoms with Gasteiger partial charge < -0.3 is 19.1 Å². The Hall–Kier alpha value is -4.93. The van der Waals surface area contributed by atoms with E-state index in [1.807, 2.05) is 30.5 Å². The summed E-state index contributed by atoms with van der Waals surface area (Å²) in [5.74, 6) is 2.71. The Bertz CT molecular complexity index is 2410. The van der Waals surface area contributed by atoms with E-state index in [0.29, 0.717) is 23.3 Å². The van der Waals surface area contributed by atoms with Crippen LogP contribution in [0.15, 0.2) is 115 Å². The Morgan fingerprint density at radius 2 is 1.46 bits per heavy atom. The number of fused-ring (bicyclic) bond motifs is 4. The molecule has 0 spiro atoms. The summed E-state index contributed by atoms with van der Waals surface area (Å²) in [5, 5.41) is 2.25.